The first kappa shape index (κ1) is 23.3. The number of carbonyl (C=O) groups is 1. The molecule has 0 saturated carbocycles. The molecule has 0 fully saturated rings. The molecular weight excluding hydrogens is 456 g/mol. The zero-order valence-electron chi connectivity index (χ0n) is 20.2. The van der Waals surface area contributed by atoms with Crippen LogP contribution in [0.5, 0.6) is 11.6 Å². The van der Waals surface area contributed by atoms with Crippen LogP contribution in [0.4, 0.5) is 5.69 Å². The summed E-state index contributed by atoms with van der Waals surface area (Å²) in [6.07, 6.45) is 3.44. The number of imidazole rings is 1. The van der Waals surface area contributed by atoms with Crippen molar-refractivity contribution < 1.29 is 14.6 Å². The summed E-state index contributed by atoms with van der Waals surface area (Å²) in [4.78, 5) is 20.7. The van der Waals surface area contributed by atoms with Gasteiger partial charge in [-0.15, -0.1) is 5.10 Å². The maximum absolute atomic E-state index is 11.7. The highest BCUT2D eigenvalue weighted by Gasteiger charge is 2.18. The number of anilines is 1. The van der Waals surface area contributed by atoms with E-state index in [2.05, 4.69) is 15.3 Å². The molecule has 0 aliphatic rings. The van der Waals surface area contributed by atoms with E-state index in [0.717, 1.165) is 22.0 Å². The van der Waals surface area contributed by atoms with Crippen LogP contribution in [-0.2, 0) is 0 Å². The Kier molecular flexibility index (Phi) is 5.77. The highest BCUT2D eigenvalue weighted by Crippen LogP contribution is 2.32. The smallest absolute Gasteiger partial charge is 0.248 e. The number of nitrogens with zero attached hydrogens (tertiary/aromatic N) is 4. The largest absolute Gasteiger partial charge is 0.437 e. The number of benzene rings is 2. The lowest BCUT2D eigenvalue weighted by Crippen LogP contribution is -2.29. The van der Waals surface area contributed by atoms with Gasteiger partial charge in [-0.2, -0.15) is 0 Å². The number of rotatable bonds is 7. The molecule has 5 aromatic rings. The number of ether oxygens (including phenoxy) is 1. The minimum atomic E-state index is -0.945. The molecule has 0 atom stereocenters. The van der Waals surface area contributed by atoms with E-state index in [9.17, 15) is 9.90 Å². The number of hydrogen-bond donors (Lipinski definition) is 3. The van der Waals surface area contributed by atoms with Crippen molar-refractivity contribution in [3.8, 4) is 22.9 Å². The third kappa shape index (κ3) is 4.56. The normalized spacial score (nSPS) is 11.7. The number of nitrogens with two attached hydrogens (primary N) is 1. The predicted molar refractivity (Wildman–Crippen MR) is 138 cm³/mol. The number of hydrogen-bond acceptors (Lipinski definition) is 7. The highest BCUT2D eigenvalue weighted by atomic mass is 16.5. The summed E-state index contributed by atoms with van der Waals surface area (Å²) in [5.41, 5.74) is 9.30. The first-order valence-corrected chi connectivity index (χ1v) is 11.5. The fourth-order valence-electron chi connectivity index (χ4n) is 4.01. The number of aryl methyl sites for hydroxylation is 1. The maximum atomic E-state index is 11.7. The maximum Gasteiger partial charge on any atom is 0.248 e. The molecule has 3 heterocycles. The zero-order chi connectivity index (χ0) is 25.4. The van der Waals surface area contributed by atoms with E-state index in [0.29, 0.717) is 40.8 Å². The number of fused-ring (bicyclic) bond motifs is 2. The molecule has 0 unspecified atom stereocenters. The van der Waals surface area contributed by atoms with Crippen molar-refractivity contribution in [2.24, 2.45) is 5.73 Å². The van der Waals surface area contributed by atoms with Crippen LogP contribution in [0.15, 0.2) is 67.0 Å². The summed E-state index contributed by atoms with van der Waals surface area (Å²) in [6, 6.07) is 16.6. The molecule has 182 valence electrons. The lowest BCUT2D eigenvalue weighted by Gasteiger charge is -2.19. The number of carbonyl (C=O) groups excluding carboxylic acids is 1. The van der Waals surface area contributed by atoms with Crippen LogP contribution in [0, 0.1) is 6.92 Å². The van der Waals surface area contributed by atoms with E-state index in [1.807, 2.05) is 49.4 Å². The van der Waals surface area contributed by atoms with Gasteiger partial charge in [0.2, 0.25) is 11.8 Å². The van der Waals surface area contributed by atoms with Gasteiger partial charge < -0.3 is 20.9 Å². The topological polar surface area (TPSA) is 128 Å². The number of aliphatic hydroxyl groups is 1. The Morgan fingerprint density at radius 2 is 1.97 bits per heavy atom. The second-order valence-electron chi connectivity index (χ2n) is 9.26. The third-order valence-corrected chi connectivity index (χ3v) is 5.76. The molecule has 0 aliphatic carbocycles. The van der Waals surface area contributed by atoms with Crippen LogP contribution >= 0.6 is 0 Å². The molecule has 9 nitrogen and oxygen atoms in total. The van der Waals surface area contributed by atoms with Crippen LogP contribution in [-0.4, -0.2) is 42.7 Å². The third-order valence-electron chi connectivity index (χ3n) is 5.76. The summed E-state index contributed by atoms with van der Waals surface area (Å²) in [7, 11) is 0. The van der Waals surface area contributed by atoms with Crippen LogP contribution in [0.3, 0.4) is 0 Å². The van der Waals surface area contributed by atoms with E-state index < -0.39 is 11.5 Å². The van der Waals surface area contributed by atoms with E-state index in [1.165, 1.54) is 0 Å². The van der Waals surface area contributed by atoms with Gasteiger partial charge >= 0.3 is 0 Å². The van der Waals surface area contributed by atoms with E-state index in [-0.39, 0.29) is 0 Å². The Labute approximate surface area is 207 Å². The highest BCUT2D eigenvalue weighted by molar-refractivity contribution is 5.95. The molecule has 4 N–H and O–H groups in total. The van der Waals surface area contributed by atoms with E-state index in [4.69, 9.17) is 15.6 Å². The fraction of sp³-hybridized carbons (Fsp3) is 0.185. The van der Waals surface area contributed by atoms with Gasteiger partial charge in [-0.25, -0.2) is 9.50 Å². The number of amides is 1. The molecule has 0 radical (unpaired) electrons. The zero-order valence-corrected chi connectivity index (χ0v) is 20.2. The number of primary amides is 1. The average molecular weight is 483 g/mol. The van der Waals surface area contributed by atoms with Gasteiger partial charge in [0.1, 0.15) is 5.75 Å². The van der Waals surface area contributed by atoms with Gasteiger partial charge in [-0.3, -0.25) is 9.78 Å². The molecule has 0 aliphatic heterocycles. The Morgan fingerprint density at radius 3 is 2.72 bits per heavy atom. The second-order valence-corrected chi connectivity index (χ2v) is 9.26. The Bertz CT molecular complexity index is 1600. The standard InChI is InChI=1S/C27H26N6O3/c1-16-12-17(9-10-18(16)25(28)34)22-14-30-26-21(31-15-27(2,3)35)13-24(32-33(22)26)36-23-8-4-7-20-19(23)6-5-11-29-20/h4-14,31,35H,15H2,1-3H3,(H2,28,34). The van der Waals surface area contributed by atoms with Gasteiger partial charge in [0, 0.05) is 35.3 Å². The van der Waals surface area contributed by atoms with Gasteiger partial charge in [0.05, 0.1) is 28.7 Å². The number of pyridine rings is 1. The first-order chi connectivity index (χ1) is 17.2. The quantitative estimate of drug-likeness (QED) is 0.315. The van der Waals surface area contributed by atoms with Crippen LogP contribution < -0.4 is 15.8 Å². The molecular formula is C27H26N6O3. The molecule has 36 heavy (non-hydrogen) atoms. The fourth-order valence-corrected chi connectivity index (χ4v) is 4.01. The Morgan fingerprint density at radius 1 is 1.14 bits per heavy atom. The van der Waals surface area contributed by atoms with Gasteiger partial charge in [-0.05, 0) is 62.7 Å². The summed E-state index contributed by atoms with van der Waals surface area (Å²) < 4.78 is 7.93. The SMILES string of the molecule is Cc1cc(-c2cnc3c(NCC(C)(C)O)cc(Oc4cccc5ncccc45)nn23)ccc1C(N)=O. The molecule has 0 bridgehead atoms. The average Bonchev–Trinajstić information content (AvgIpc) is 3.26. The van der Waals surface area contributed by atoms with Crippen LogP contribution in [0.25, 0.3) is 27.8 Å². The molecule has 5 rings (SSSR count). The van der Waals surface area contributed by atoms with Crippen molar-refractivity contribution in [1.29, 1.82) is 0 Å². The number of aromatic nitrogens is 4. The minimum absolute atomic E-state index is 0.291. The van der Waals surface area contributed by atoms with E-state index in [1.54, 1.807) is 42.9 Å². The van der Waals surface area contributed by atoms with Gasteiger partial charge in [0.25, 0.3) is 0 Å². The monoisotopic (exact) mass is 482 g/mol. The molecule has 0 spiro atoms. The van der Waals surface area contributed by atoms with Crippen LogP contribution in [0.2, 0.25) is 0 Å². The van der Waals surface area contributed by atoms with Gasteiger partial charge in [0.15, 0.2) is 5.65 Å². The summed E-state index contributed by atoms with van der Waals surface area (Å²) in [5, 5.41) is 19.1. The minimum Gasteiger partial charge on any atom is -0.437 e. The lowest BCUT2D eigenvalue weighted by atomic mass is 10.0. The second kappa shape index (κ2) is 8.94. The lowest BCUT2D eigenvalue weighted by molar-refractivity contribution is 0.0944. The summed E-state index contributed by atoms with van der Waals surface area (Å²) in [5.74, 6) is 0.472. The first-order valence-electron chi connectivity index (χ1n) is 11.5. The predicted octanol–water partition coefficient (Wildman–Crippen LogP) is 4.33. The van der Waals surface area contributed by atoms with Crippen LogP contribution in [0.1, 0.15) is 29.8 Å². The summed E-state index contributed by atoms with van der Waals surface area (Å²) in [6.45, 7) is 5.57. The van der Waals surface area contributed by atoms with Crippen molar-refractivity contribution in [3.63, 3.8) is 0 Å². The van der Waals surface area contributed by atoms with Crippen molar-refractivity contribution >= 4 is 28.1 Å². The van der Waals surface area contributed by atoms with Crippen molar-refractivity contribution in [2.75, 3.05) is 11.9 Å². The van der Waals surface area contributed by atoms with Crippen molar-refractivity contribution in [1.82, 2.24) is 19.6 Å². The van der Waals surface area contributed by atoms with Gasteiger partial charge in [-0.1, -0.05) is 12.1 Å². The molecule has 3 aromatic heterocycles. The van der Waals surface area contributed by atoms with Crippen molar-refractivity contribution in [2.45, 2.75) is 26.4 Å². The molecule has 1 amide bonds. The number of nitrogens with one attached hydrogen (secondary N) is 1. The van der Waals surface area contributed by atoms with E-state index >= 15 is 0 Å². The molecule has 2 aromatic carbocycles. The Hall–Kier alpha value is -4.50. The molecule has 0 saturated heterocycles. The molecule has 9 heteroatoms. The Balaban J connectivity index is 1.63. The van der Waals surface area contributed by atoms with Crippen molar-refractivity contribution in [3.05, 3.63) is 78.1 Å². The summed E-state index contributed by atoms with van der Waals surface area (Å²) >= 11 is 0.